The number of amides is 1. The topological polar surface area (TPSA) is 37.7 Å². The number of halogens is 1. The molecule has 1 saturated heterocycles. The maximum atomic E-state index is 13.7. The first-order valence-electron chi connectivity index (χ1n) is 15.3. The van der Waals surface area contributed by atoms with Gasteiger partial charge in [0, 0.05) is 61.5 Å². The Bertz CT molecular complexity index is 1520. The van der Waals surface area contributed by atoms with Crippen LogP contribution in [0, 0.1) is 26.2 Å². The second kappa shape index (κ2) is 13.8. The summed E-state index contributed by atoms with van der Waals surface area (Å²) in [6, 6.07) is 29.0. The van der Waals surface area contributed by atoms with Crippen LogP contribution in [0.5, 0.6) is 5.75 Å². The van der Waals surface area contributed by atoms with E-state index in [-0.39, 0.29) is 11.3 Å². The van der Waals surface area contributed by atoms with Crippen molar-refractivity contribution in [1.29, 1.82) is 0 Å². The van der Waals surface area contributed by atoms with Crippen LogP contribution >= 0.6 is 11.6 Å². The van der Waals surface area contributed by atoms with Gasteiger partial charge in [-0.1, -0.05) is 72.3 Å². The molecule has 226 valence electrons. The second-order valence-corrected chi connectivity index (χ2v) is 12.8. The monoisotopic (exact) mass is 597 g/mol. The first-order valence-corrected chi connectivity index (χ1v) is 15.7. The fourth-order valence-corrected chi connectivity index (χ4v) is 6.50. The number of aromatic nitrogens is 1. The van der Waals surface area contributed by atoms with E-state index >= 15 is 0 Å². The normalized spacial score (nSPS) is 17.1. The number of hydrogen-bond acceptors (Lipinski definition) is 3. The predicted molar refractivity (Wildman–Crippen MR) is 176 cm³/mol. The third-order valence-electron chi connectivity index (χ3n) is 8.89. The highest BCUT2D eigenvalue weighted by molar-refractivity contribution is 6.31. The SMILES string of the molecule is Cc1cc(OC[C@]2(CC(=O)N(C)Cc3ccccc3)CCCN(Cc3cc(C)n(Cc4ccccc4)c3C)C2)ccc1Cl. The van der Waals surface area contributed by atoms with Crippen LogP contribution in [0.1, 0.15) is 52.9 Å². The largest absolute Gasteiger partial charge is 0.493 e. The van der Waals surface area contributed by atoms with Gasteiger partial charge in [-0.3, -0.25) is 9.69 Å². The zero-order valence-electron chi connectivity index (χ0n) is 26.0. The molecule has 0 unspecified atom stereocenters. The molecular formula is C37H44ClN3O2. The van der Waals surface area contributed by atoms with E-state index in [1.807, 2.05) is 55.3 Å². The first-order chi connectivity index (χ1) is 20.7. The molecule has 1 fully saturated rings. The van der Waals surface area contributed by atoms with Crippen molar-refractivity contribution in [2.45, 2.75) is 59.7 Å². The Morgan fingerprint density at radius 2 is 1.63 bits per heavy atom. The van der Waals surface area contributed by atoms with Crippen molar-refractivity contribution in [3.05, 3.63) is 124 Å². The van der Waals surface area contributed by atoms with Gasteiger partial charge in [-0.05, 0) is 86.7 Å². The third-order valence-corrected chi connectivity index (χ3v) is 9.31. The quantitative estimate of drug-likeness (QED) is 0.177. The lowest BCUT2D eigenvalue weighted by atomic mass is 9.77. The highest BCUT2D eigenvalue weighted by Crippen LogP contribution is 2.37. The molecule has 4 aromatic rings. The Morgan fingerprint density at radius 1 is 0.930 bits per heavy atom. The number of piperidine rings is 1. The van der Waals surface area contributed by atoms with Gasteiger partial charge in [0.25, 0.3) is 0 Å². The molecule has 1 amide bonds. The fraction of sp³-hybridized carbons (Fsp3) is 0.378. The summed E-state index contributed by atoms with van der Waals surface area (Å²) in [5, 5.41) is 0.730. The Kier molecular flexibility index (Phi) is 9.94. The number of aryl methyl sites for hydroxylation is 2. The summed E-state index contributed by atoms with van der Waals surface area (Å²) < 4.78 is 8.85. The first kappa shape index (κ1) is 30.9. The van der Waals surface area contributed by atoms with E-state index in [4.69, 9.17) is 16.3 Å². The molecule has 1 aliphatic rings. The van der Waals surface area contributed by atoms with Crippen LogP contribution in [0.25, 0.3) is 0 Å². The van der Waals surface area contributed by atoms with Gasteiger partial charge in [0.15, 0.2) is 0 Å². The summed E-state index contributed by atoms with van der Waals surface area (Å²) in [6.45, 7) is 11.1. The number of ether oxygens (including phenoxy) is 1. The molecule has 1 aliphatic heterocycles. The van der Waals surface area contributed by atoms with Crippen LogP contribution in [0.2, 0.25) is 5.02 Å². The van der Waals surface area contributed by atoms with E-state index in [1.54, 1.807) is 0 Å². The van der Waals surface area contributed by atoms with Gasteiger partial charge in [-0.15, -0.1) is 0 Å². The fourth-order valence-electron chi connectivity index (χ4n) is 6.39. The van der Waals surface area contributed by atoms with Crippen molar-refractivity contribution in [2.75, 3.05) is 26.7 Å². The number of rotatable bonds is 11. The lowest BCUT2D eigenvalue weighted by Gasteiger charge is -2.43. The molecule has 6 heteroatoms. The number of carbonyl (C=O) groups is 1. The molecule has 0 radical (unpaired) electrons. The number of likely N-dealkylation sites (tertiary alicyclic amines) is 1. The van der Waals surface area contributed by atoms with Gasteiger partial charge in [-0.2, -0.15) is 0 Å². The molecule has 0 aliphatic carbocycles. The molecule has 2 heterocycles. The van der Waals surface area contributed by atoms with Crippen LogP contribution in [-0.2, 0) is 24.4 Å². The number of carbonyl (C=O) groups excluding carboxylic acids is 1. The number of benzene rings is 3. The number of hydrogen-bond donors (Lipinski definition) is 0. The zero-order chi connectivity index (χ0) is 30.4. The molecular weight excluding hydrogens is 554 g/mol. The minimum absolute atomic E-state index is 0.155. The maximum absolute atomic E-state index is 13.7. The van der Waals surface area contributed by atoms with Gasteiger partial charge in [-0.25, -0.2) is 0 Å². The Balaban J connectivity index is 1.33. The smallest absolute Gasteiger partial charge is 0.223 e. The van der Waals surface area contributed by atoms with Crippen molar-refractivity contribution in [3.8, 4) is 5.75 Å². The minimum Gasteiger partial charge on any atom is -0.493 e. The minimum atomic E-state index is -0.288. The van der Waals surface area contributed by atoms with Crippen molar-refractivity contribution >= 4 is 17.5 Å². The average Bonchev–Trinajstić information content (AvgIpc) is 3.26. The van der Waals surface area contributed by atoms with E-state index < -0.39 is 0 Å². The summed E-state index contributed by atoms with van der Waals surface area (Å²) in [7, 11) is 1.91. The van der Waals surface area contributed by atoms with Crippen LogP contribution < -0.4 is 4.74 Å². The standard InChI is InChI=1S/C37H44ClN3O2/c1-28-20-34(16-17-35(28)38)43-27-37(22-36(42)39(4)23-31-12-7-5-8-13-31)18-11-19-40(26-37)25-33-21-29(2)41(30(33)3)24-32-14-9-6-10-15-32/h5-10,12-17,20-21H,11,18-19,22-27H2,1-4H3/t37-/m0/s1. The predicted octanol–water partition coefficient (Wildman–Crippen LogP) is 7.82. The molecule has 43 heavy (non-hydrogen) atoms. The Labute approximate surface area is 262 Å². The van der Waals surface area contributed by atoms with Crippen molar-refractivity contribution < 1.29 is 9.53 Å². The van der Waals surface area contributed by atoms with Crippen LogP contribution in [-0.4, -0.2) is 47.0 Å². The molecule has 0 bridgehead atoms. The highest BCUT2D eigenvalue weighted by Gasteiger charge is 2.39. The summed E-state index contributed by atoms with van der Waals surface area (Å²) in [6.07, 6.45) is 2.43. The van der Waals surface area contributed by atoms with Crippen molar-refractivity contribution in [3.63, 3.8) is 0 Å². The van der Waals surface area contributed by atoms with Crippen molar-refractivity contribution in [2.24, 2.45) is 5.41 Å². The Hall–Kier alpha value is -3.54. The molecule has 3 aromatic carbocycles. The second-order valence-electron chi connectivity index (χ2n) is 12.4. The van der Waals surface area contributed by atoms with Gasteiger partial charge < -0.3 is 14.2 Å². The van der Waals surface area contributed by atoms with E-state index in [1.165, 1.54) is 22.5 Å². The van der Waals surface area contributed by atoms with Gasteiger partial charge in [0.05, 0.1) is 6.61 Å². The van der Waals surface area contributed by atoms with Gasteiger partial charge >= 0.3 is 0 Å². The van der Waals surface area contributed by atoms with Gasteiger partial charge in [0.2, 0.25) is 5.91 Å². The molecule has 1 aromatic heterocycles. The van der Waals surface area contributed by atoms with Crippen molar-refractivity contribution in [1.82, 2.24) is 14.4 Å². The molecule has 5 nitrogen and oxygen atoms in total. The van der Waals surface area contributed by atoms with E-state index in [0.717, 1.165) is 60.9 Å². The lowest BCUT2D eigenvalue weighted by molar-refractivity contribution is -0.135. The average molecular weight is 598 g/mol. The molecule has 0 saturated carbocycles. The zero-order valence-corrected chi connectivity index (χ0v) is 26.7. The van der Waals surface area contributed by atoms with E-state index in [2.05, 4.69) is 71.8 Å². The Morgan fingerprint density at radius 3 is 2.33 bits per heavy atom. The maximum Gasteiger partial charge on any atom is 0.223 e. The van der Waals surface area contributed by atoms with Crippen LogP contribution in [0.4, 0.5) is 0 Å². The van der Waals surface area contributed by atoms with E-state index in [9.17, 15) is 4.79 Å². The lowest BCUT2D eigenvalue weighted by Crippen LogP contribution is -2.48. The summed E-state index contributed by atoms with van der Waals surface area (Å²) in [5.41, 5.74) is 7.08. The summed E-state index contributed by atoms with van der Waals surface area (Å²) in [5.74, 6) is 0.954. The molecule has 0 spiro atoms. The molecule has 5 rings (SSSR count). The molecule has 1 atom stereocenters. The van der Waals surface area contributed by atoms with Crippen LogP contribution in [0.3, 0.4) is 0 Å². The van der Waals surface area contributed by atoms with Gasteiger partial charge in [0.1, 0.15) is 5.75 Å². The third kappa shape index (κ3) is 7.90. The summed E-state index contributed by atoms with van der Waals surface area (Å²) in [4.78, 5) is 18.1. The van der Waals surface area contributed by atoms with E-state index in [0.29, 0.717) is 19.6 Å². The summed E-state index contributed by atoms with van der Waals surface area (Å²) >= 11 is 6.28. The molecule has 0 N–H and O–H groups in total. The highest BCUT2D eigenvalue weighted by atomic mass is 35.5. The van der Waals surface area contributed by atoms with Crippen LogP contribution in [0.15, 0.2) is 84.9 Å². The number of nitrogens with zero attached hydrogens (tertiary/aromatic N) is 3.